The maximum absolute atomic E-state index is 11.6. The number of ether oxygens (including phenoxy) is 1. The summed E-state index contributed by atoms with van der Waals surface area (Å²) in [6.45, 7) is 2.90. The molecule has 0 aliphatic heterocycles. The third-order valence-corrected chi connectivity index (χ3v) is 3.96. The molecule has 0 aromatic rings. The number of halogens is 1. The molecule has 4 heteroatoms. The molecule has 1 saturated carbocycles. The molecule has 1 rings (SSSR count). The van der Waals surface area contributed by atoms with Crippen molar-refractivity contribution in [2.24, 2.45) is 0 Å². The highest BCUT2D eigenvalue weighted by Gasteiger charge is 2.22. The molecular formula is C12H22BrNO2. The van der Waals surface area contributed by atoms with Crippen molar-refractivity contribution < 1.29 is 9.53 Å². The molecule has 1 N–H and O–H groups in total. The van der Waals surface area contributed by atoms with Crippen LogP contribution in [0.2, 0.25) is 0 Å². The molecule has 2 unspecified atom stereocenters. The normalized spacial score (nSPS) is 26.1. The molecule has 0 saturated heterocycles. The minimum absolute atomic E-state index is 0.0183. The Kier molecular flexibility index (Phi) is 7.05. The Balaban J connectivity index is 2.25. The Morgan fingerprint density at radius 1 is 1.38 bits per heavy atom. The van der Waals surface area contributed by atoms with Gasteiger partial charge in [-0.15, -0.1) is 0 Å². The topological polar surface area (TPSA) is 38.3 Å². The van der Waals surface area contributed by atoms with Crippen LogP contribution < -0.4 is 5.32 Å². The molecule has 1 fully saturated rings. The van der Waals surface area contributed by atoms with Gasteiger partial charge in [0.25, 0.3) is 0 Å². The predicted molar refractivity (Wildman–Crippen MR) is 68.8 cm³/mol. The van der Waals surface area contributed by atoms with Gasteiger partial charge < -0.3 is 10.1 Å². The van der Waals surface area contributed by atoms with Gasteiger partial charge in [0.2, 0.25) is 5.91 Å². The van der Waals surface area contributed by atoms with Crippen LogP contribution in [0.25, 0.3) is 0 Å². The van der Waals surface area contributed by atoms with Crippen LogP contribution in [0.3, 0.4) is 0 Å². The molecule has 0 heterocycles. The van der Waals surface area contributed by atoms with Crippen LogP contribution in [0, 0.1) is 0 Å². The number of amides is 1. The zero-order valence-electron chi connectivity index (χ0n) is 10.0. The van der Waals surface area contributed by atoms with E-state index in [1.54, 1.807) is 0 Å². The summed E-state index contributed by atoms with van der Waals surface area (Å²) < 4.78 is 5.23. The summed E-state index contributed by atoms with van der Waals surface area (Å²) in [6, 6.07) is 0.278. The lowest BCUT2D eigenvalue weighted by Crippen LogP contribution is -2.42. The zero-order chi connectivity index (χ0) is 11.8. The molecule has 1 amide bonds. The lowest BCUT2D eigenvalue weighted by molar-refractivity contribution is -0.126. The fourth-order valence-corrected chi connectivity index (χ4v) is 2.70. The van der Waals surface area contributed by atoms with Crippen molar-refractivity contribution in [2.75, 3.05) is 13.2 Å². The first-order valence-corrected chi connectivity index (χ1v) is 7.16. The third-order valence-electron chi connectivity index (χ3n) is 2.86. The Labute approximate surface area is 106 Å². The van der Waals surface area contributed by atoms with Crippen LogP contribution in [-0.2, 0) is 9.53 Å². The van der Waals surface area contributed by atoms with Crippen LogP contribution in [0.4, 0.5) is 0 Å². The second-order valence-electron chi connectivity index (χ2n) is 4.38. The Morgan fingerprint density at radius 2 is 2.12 bits per heavy atom. The summed E-state index contributed by atoms with van der Waals surface area (Å²) in [5, 5.41) is 3.06. The van der Waals surface area contributed by atoms with Crippen molar-refractivity contribution in [3.05, 3.63) is 0 Å². The fourth-order valence-electron chi connectivity index (χ4n) is 1.98. The Hall–Kier alpha value is -0.0900. The molecule has 0 aromatic heterocycles. The summed E-state index contributed by atoms with van der Waals surface area (Å²) in [4.78, 5) is 12.0. The average molecular weight is 292 g/mol. The molecule has 2 atom stereocenters. The van der Waals surface area contributed by atoms with Crippen molar-refractivity contribution in [1.82, 2.24) is 5.32 Å². The highest BCUT2D eigenvalue weighted by atomic mass is 79.9. The van der Waals surface area contributed by atoms with Crippen LogP contribution >= 0.6 is 15.9 Å². The minimum atomic E-state index is 0.0183. The largest absolute Gasteiger partial charge is 0.372 e. The van der Waals surface area contributed by atoms with E-state index in [0.29, 0.717) is 11.4 Å². The molecule has 3 nitrogen and oxygen atoms in total. The maximum Gasteiger partial charge on any atom is 0.246 e. The minimum Gasteiger partial charge on any atom is -0.372 e. The Bertz CT molecular complexity index is 211. The summed E-state index contributed by atoms with van der Waals surface area (Å²) in [6.07, 6.45) is 6.94. The molecule has 1 aliphatic carbocycles. The van der Waals surface area contributed by atoms with Gasteiger partial charge in [0.1, 0.15) is 6.61 Å². The number of nitrogens with one attached hydrogen (secondary N) is 1. The zero-order valence-corrected chi connectivity index (χ0v) is 11.6. The molecule has 1 aliphatic rings. The first kappa shape index (κ1) is 14.0. The fraction of sp³-hybridized carbons (Fsp3) is 0.917. The summed E-state index contributed by atoms with van der Waals surface area (Å²) in [5.41, 5.74) is 0. The highest BCUT2D eigenvalue weighted by Crippen LogP contribution is 2.23. The van der Waals surface area contributed by atoms with Gasteiger partial charge in [-0.3, -0.25) is 4.79 Å². The van der Waals surface area contributed by atoms with E-state index in [1.807, 2.05) is 6.92 Å². The number of hydrogen-bond donors (Lipinski definition) is 1. The number of rotatable bonds is 5. The van der Waals surface area contributed by atoms with Crippen LogP contribution in [0.15, 0.2) is 0 Å². The second kappa shape index (κ2) is 8.07. The monoisotopic (exact) mass is 291 g/mol. The molecule has 0 aromatic carbocycles. The third kappa shape index (κ3) is 5.30. The molecule has 16 heavy (non-hydrogen) atoms. The molecular weight excluding hydrogens is 270 g/mol. The van der Waals surface area contributed by atoms with Crippen LogP contribution in [0.1, 0.15) is 45.4 Å². The van der Waals surface area contributed by atoms with Gasteiger partial charge in [-0.05, 0) is 19.3 Å². The van der Waals surface area contributed by atoms with E-state index in [2.05, 4.69) is 21.2 Å². The van der Waals surface area contributed by atoms with E-state index in [9.17, 15) is 4.79 Å². The number of carbonyl (C=O) groups excluding carboxylic acids is 1. The SMILES string of the molecule is CCCOCC(=O)NC1CCCCCC1Br. The van der Waals surface area contributed by atoms with E-state index in [4.69, 9.17) is 4.74 Å². The number of alkyl halides is 1. The highest BCUT2D eigenvalue weighted by molar-refractivity contribution is 9.09. The van der Waals surface area contributed by atoms with Crippen molar-refractivity contribution in [3.63, 3.8) is 0 Å². The Morgan fingerprint density at radius 3 is 2.88 bits per heavy atom. The molecule has 0 bridgehead atoms. The smallest absolute Gasteiger partial charge is 0.246 e. The van der Waals surface area contributed by atoms with Crippen molar-refractivity contribution >= 4 is 21.8 Å². The van der Waals surface area contributed by atoms with Crippen molar-refractivity contribution in [3.8, 4) is 0 Å². The summed E-state index contributed by atoms with van der Waals surface area (Å²) >= 11 is 3.66. The van der Waals surface area contributed by atoms with Gasteiger partial charge in [0, 0.05) is 17.5 Å². The lowest BCUT2D eigenvalue weighted by Gasteiger charge is -2.21. The first-order chi connectivity index (χ1) is 7.74. The van der Waals surface area contributed by atoms with Crippen LogP contribution in [-0.4, -0.2) is 30.0 Å². The van der Waals surface area contributed by atoms with Crippen molar-refractivity contribution in [2.45, 2.75) is 56.3 Å². The molecule has 0 radical (unpaired) electrons. The van der Waals surface area contributed by atoms with Gasteiger partial charge in [0.05, 0.1) is 0 Å². The van der Waals surface area contributed by atoms with Gasteiger partial charge in [0.15, 0.2) is 0 Å². The van der Waals surface area contributed by atoms with Crippen LogP contribution in [0.5, 0.6) is 0 Å². The molecule has 94 valence electrons. The van der Waals surface area contributed by atoms with Crippen molar-refractivity contribution in [1.29, 1.82) is 0 Å². The van der Waals surface area contributed by atoms with E-state index < -0.39 is 0 Å². The van der Waals surface area contributed by atoms with Gasteiger partial charge in [-0.2, -0.15) is 0 Å². The van der Waals surface area contributed by atoms with Gasteiger partial charge >= 0.3 is 0 Å². The number of hydrogen-bond acceptors (Lipinski definition) is 2. The number of carbonyl (C=O) groups is 1. The second-order valence-corrected chi connectivity index (χ2v) is 5.56. The van der Waals surface area contributed by atoms with E-state index in [-0.39, 0.29) is 18.6 Å². The summed E-state index contributed by atoms with van der Waals surface area (Å²) in [7, 11) is 0. The van der Waals surface area contributed by atoms with Gasteiger partial charge in [-0.25, -0.2) is 0 Å². The summed E-state index contributed by atoms with van der Waals surface area (Å²) in [5.74, 6) is 0.0183. The van der Waals surface area contributed by atoms with E-state index in [1.165, 1.54) is 19.3 Å². The first-order valence-electron chi connectivity index (χ1n) is 6.25. The standard InChI is InChI=1S/C12H22BrNO2/c1-2-8-16-9-12(15)14-11-7-5-3-4-6-10(11)13/h10-11H,2-9H2,1H3,(H,14,15). The van der Waals surface area contributed by atoms with Gasteiger partial charge in [-0.1, -0.05) is 42.1 Å². The predicted octanol–water partition coefficient (Wildman–Crippen LogP) is 2.63. The molecule has 0 spiro atoms. The average Bonchev–Trinajstić information content (AvgIpc) is 2.45. The lowest BCUT2D eigenvalue weighted by atomic mass is 10.1. The quantitative estimate of drug-likeness (QED) is 0.480. The van der Waals surface area contributed by atoms with E-state index >= 15 is 0 Å². The van der Waals surface area contributed by atoms with E-state index in [0.717, 1.165) is 19.3 Å². The maximum atomic E-state index is 11.6.